The fraction of sp³-hybridized carbons (Fsp3) is 0.688. The maximum absolute atomic E-state index is 5.89. The fourth-order valence-electron chi connectivity index (χ4n) is 3.71. The van der Waals surface area contributed by atoms with Crippen molar-refractivity contribution in [2.45, 2.75) is 45.4 Å². The third kappa shape index (κ3) is 2.56. The van der Waals surface area contributed by atoms with Gasteiger partial charge in [-0.2, -0.15) is 4.98 Å². The zero-order chi connectivity index (χ0) is 14.0. The third-order valence-electron chi connectivity index (χ3n) is 4.97. The van der Waals surface area contributed by atoms with Gasteiger partial charge in [-0.1, -0.05) is 12.8 Å². The van der Waals surface area contributed by atoms with Crippen molar-refractivity contribution < 1.29 is 4.74 Å². The molecule has 2 aliphatic rings. The summed E-state index contributed by atoms with van der Waals surface area (Å²) >= 11 is 0. The van der Waals surface area contributed by atoms with Gasteiger partial charge in [0.15, 0.2) is 0 Å². The Bertz CT molecular complexity index is 459. The summed E-state index contributed by atoms with van der Waals surface area (Å²) in [5, 5.41) is 0. The minimum atomic E-state index is 0.575. The van der Waals surface area contributed by atoms with E-state index in [0.717, 1.165) is 18.9 Å². The van der Waals surface area contributed by atoms with E-state index in [4.69, 9.17) is 10.5 Å². The first kappa shape index (κ1) is 13.5. The number of anilines is 2. The van der Waals surface area contributed by atoms with Crippen LogP contribution in [-0.2, 0) is 0 Å². The predicted octanol–water partition coefficient (Wildman–Crippen LogP) is 3.22. The summed E-state index contributed by atoms with van der Waals surface area (Å²) in [6, 6.07) is 3.93. The maximum atomic E-state index is 5.89. The van der Waals surface area contributed by atoms with Gasteiger partial charge in [-0.05, 0) is 50.2 Å². The highest BCUT2D eigenvalue weighted by Crippen LogP contribution is 2.46. The summed E-state index contributed by atoms with van der Waals surface area (Å²) in [6.45, 7) is 4.78. The molecule has 1 saturated heterocycles. The molecular weight excluding hydrogens is 250 g/mol. The van der Waals surface area contributed by atoms with E-state index in [1.54, 1.807) is 0 Å². The highest BCUT2D eigenvalue weighted by molar-refractivity contribution is 5.54. The van der Waals surface area contributed by atoms with Crippen LogP contribution in [0.3, 0.4) is 0 Å². The van der Waals surface area contributed by atoms with E-state index in [2.05, 4.69) is 9.88 Å². The topological polar surface area (TPSA) is 51.4 Å². The van der Waals surface area contributed by atoms with Gasteiger partial charge in [0.2, 0.25) is 5.88 Å². The van der Waals surface area contributed by atoms with Crippen LogP contribution in [-0.4, -0.2) is 24.7 Å². The van der Waals surface area contributed by atoms with E-state index >= 15 is 0 Å². The first-order chi connectivity index (χ1) is 9.72. The van der Waals surface area contributed by atoms with Gasteiger partial charge in [0, 0.05) is 13.1 Å². The molecule has 1 aliphatic carbocycles. The second-order valence-corrected chi connectivity index (χ2v) is 6.19. The molecule has 1 saturated carbocycles. The second kappa shape index (κ2) is 5.51. The molecule has 0 aromatic carbocycles. The number of ether oxygens (including phenoxy) is 1. The van der Waals surface area contributed by atoms with Gasteiger partial charge >= 0.3 is 0 Å². The Balaban J connectivity index is 1.69. The smallest absolute Gasteiger partial charge is 0.239 e. The molecule has 4 heteroatoms. The lowest BCUT2D eigenvalue weighted by atomic mass is 9.77. The number of aromatic nitrogens is 1. The van der Waals surface area contributed by atoms with Gasteiger partial charge in [-0.15, -0.1) is 0 Å². The standard InChI is InChI=1S/C16H25N3O/c1-2-20-15-13(17)5-6-14(18-15)19-11-9-16(10-12-19)7-3-4-8-16/h5-6H,2-4,7-12,17H2,1H3. The Labute approximate surface area is 121 Å². The monoisotopic (exact) mass is 275 g/mol. The molecule has 3 rings (SSSR count). The number of nitrogens with two attached hydrogens (primary N) is 1. The van der Waals surface area contributed by atoms with Crippen molar-refractivity contribution in [3.63, 3.8) is 0 Å². The van der Waals surface area contributed by atoms with Crippen LogP contribution in [0.25, 0.3) is 0 Å². The molecule has 0 bridgehead atoms. The zero-order valence-electron chi connectivity index (χ0n) is 12.4. The maximum Gasteiger partial charge on any atom is 0.239 e. The van der Waals surface area contributed by atoms with Crippen molar-refractivity contribution >= 4 is 11.5 Å². The van der Waals surface area contributed by atoms with Gasteiger partial charge in [-0.3, -0.25) is 0 Å². The van der Waals surface area contributed by atoms with E-state index in [0.29, 0.717) is 23.6 Å². The second-order valence-electron chi connectivity index (χ2n) is 6.19. The number of hydrogen-bond donors (Lipinski definition) is 1. The summed E-state index contributed by atoms with van der Waals surface area (Å²) in [6.07, 6.45) is 8.33. The molecule has 2 N–H and O–H groups in total. The van der Waals surface area contributed by atoms with Gasteiger partial charge in [-0.25, -0.2) is 0 Å². The van der Waals surface area contributed by atoms with E-state index in [1.165, 1.54) is 38.5 Å². The summed E-state index contributed by atoms with van der Waals surface area (Å²) < 4.78 is 5.50. The molecule has 4 nitrogen and oxygen atoms in total. The molecule has 0 unspecified atom stereocenters. The van der Waals surface area contributed by atoms with Gasteiger partial charge < -0.3 is 15.4 Å². The van der Waals surface area contributed by atoms with E-state index in [9.17, 15) is 0 Å². The lowest BCUT2D eigenvalue weighted by Gasteiger charge is -2.40. The SMILES string of the molecule is CCOc1nc(N2CCC3(CCCC3)CC2)ccc1N. The molecule has 1 aliphatic heterocycles. The summed E-state index contributed by atoms with van der Waals surface area (Å²) in [4.78, 5) is 6.96. The van der Waals surface area contributed by atoms with E-state index < -0.39 is 0 Å². The Morgan fingerprint density at radius 2 is 1.90 bits per heavy atom. The molecule has 20 heavy (non-hydrogen) atoms. The van der Waals surface area contributed by atoms with Crippen LogP contribution in [0.15, 0.2) is 12.1 Å². The van der Waals surface area contributed by atoms with Crippen molar-refractivity contribution in [1.29, 1.82) is 0 Å². The minimum Gasteiger partial charge on any atom is -0.476 e. The number of rotatable bonds is 3. The zero-order valence-corrected chi connectivity index (χ0v) is 12.4. The third-order valence-corrected chi connectivity index (χ3v) is 4.97. The Kier molecular flexibility index (Phi) is 3.72. The van der Waals surface area contributed by atoms with Crippen LogP contribution in [0.1, 0.15) is 45.4 Å². The average Bonchev–Trinajstić information content (AvgIpc) is 2.91. The van der Waals surface area contributed by atoms with Crippen molar-refractivity contribution in [1.82, 2.24) is 4.98 Å². The van der Waals surface area contributed by atoms with Crippen molar-refractivity contribution in [2.75, 3.05) is 30.3 Å². The normalized spacial score (nSPS) is 21.4. The summed E-state index contributed by atoms with van der Waals surface area (Å²) in [7, 11) is 0. The molecular formula is C16H25N3O. The molecule has 2 fully saturated rings. The number of nitrogen functional groups attached to an aromatic ring is 1. The van der Waals surface area contributed by atoms with Crippen LogP contribution >= 0.6 is 0 Å². The van der Waals surface area contributed by atoms with Crippen LogP contribution < -0.4 is 15.4 Å². The quantitative estimate of drug-likeness (QED) is 0.920. The first-order valence-electron chi connectivity index (χ1n) is 7.87. The van der Waals surface area contributed by atoms with Gasteiger partial charge in [0.25, 0.3) is 0 Å². The molecule has 110 valence electrons. The van der Waals surface area contributed by atoms with Crippen LogP contribution in [0, 0.1) is 5.41 Å². The van der Waals surface area contributed by atoms with E-state index in [-0.39, 0.29) is 0 Å². The van der Waals surface area contributed by atoms with Crippen molar-refractivity contribution in [2.24, 2.45) is 5.41 Å². The van der Waals surface area contributed by atoms with Crippen LogP contribution in [0.5, 0.6) is 5.88 Å². The molecule has 0 radical (unpaired) electrons. The number of nitrogens with zero attached hydrogens (tertiary/aromatic N) is 2. The lowest BCUT2D eigenvalue weighted by Crippen LogP contribution is -2.39. The summed E-state index contributed by atoms with van der Waals surface area (Å²) in [5.41, 5.74) is 7.16. The number of pyridine rings is 1. The fourth-order valence-corrected chi connectivity index (χ4v) is 3.71. The molecule has 2 heterocycles. The van der Waals surface area contributed by atoms with Crippen molar-refractivity contribution in [3.8, 4) is 5.88 Å². The van der Waals surface area contributed by atoms with Gasteiger partial charge in [0.1, 0.15) is 5.82 Å². The predicted molar refractivity (Wildman–Crippen MR) is 82.2 cm³/mol. The molecule has 1 aromatic heterocycles. The van der Waals surface area contributed by atoms with Crippen LogP contribution in [0.4, 0.5) is 11.5 Å². The molecule has 0 atom stereocenters. The molecule has 1 aromatic rings. The van der Waals surface area contributed by atoms with Crippen molar-refractivity contribution in [3.05, 3.63) is 12.1 Å². The lowest BCUT2D eigenvalue weighted by molar-refractivity contribution is 0.226. The highest BCUT2D eigenvalue weighted by atomic mass is 16.5. The molecule has 0 amide bonds. The average molecular weight is 275 g/mol. The summed E-state index contributed by atoms with van der Waals surface area (Å²) in [5.74, 6) is 1.58. The Morgan fingerprint density at radius 1 is 1.20 bits per heavy atom. The van der Waals surface area contributed by atoms with Gasteiger partial charge in [0.05, 0.1) is 12.3 Å². The number of piperidine rings is 1. The highest BCUT2D eigenvalue weighted by Gasteiger charge is 2.37. The van der Waals surface area contributed by atoms with E-state index in [1.807, 2.05) is 19.1 Å². The molecule has 1 spiro atoms. The Morgan fingerprint density at radius 3 is 2.55 bits per heavy atom. The minimum absolute atomic E-state index is 0.575. The number of hydrogen-bond acceptors (Lipinski definition) is 4. The largest absolute Gasteiger partial charge is 0.476 e. The van der Waals surface area contributed by atoms with Crippen LogP contribution in [0.2, 0.25) is 0 Å². The first-order valence-corrected chi connectivity index (χ1v) is 7.87. The Hall–Kier alpha value is -1.45.